The smallest absolute Gasteiger partial charge is 0.0462 e. The first-order chi connectivity index (χ1) is 7.33. The zero-order valence-electron chi connectivity index (χ0n) is 9.28. The first-order valence-electron chi connectivity index (χ1n) is 5.65. The molecular weight excluding hydrogens is 186 g/mol. The van der Waals surface area contributed by atoms with Gasteiger partial charge in [-0.1, -0.05) is 24.3 Å². The molecule has 0 spiro atoms. The summed E-state index contributed by atoms with van der Waals surface area (Å²) in [5.41, 5.74) is 9.02. The van der Waals surface area contributed by atoms with Crippen LogP contribution in [0.2, 0.25) is 0 Å². The van der Waals surface area contributed by atoms with Crippen LogP contribution in [0, 0.1) is 5.92 Å². The summed E-state index contributed by atoms with van der Waals surface area (Å²) in [6.07, 6.45) is 3.42. The molecule has 1 aliphatic rings. The van der Waals surface area contributed by atoms with Crippen LogP contribution in [0.1, 0.15) is 30.0 Å². The van der Waals surface area contributed by atoms with Crippen molar-refractivity contribution in [2.75, 3.05) is 13.7 Å². The fourth-order valence-electron chi connectivity index (χ4n) is 2.48. The summed E-state index contributed by atoms with van der Waals surface area (Å²) in [5, 5.41) is 0. The molecule has 2 nitrogen and oxygen atoms in total. The van der Waals surface area contributed by atoms with Crippen molar-refractivity contribution in [1.82, 2.24) is 0 Å². The van der Waals surface area contributed by atoms with Gasteiger partial charge in [0, 0.05) is 19.8 Å². The van der Waals surface area contributed by atoms with Crippen molar-refractivity contribution in [2.45, 2.75) is 25.3 Å². The zero-order valence-corrected chi connectivity index (χ0v) is 9.28. The van der Waals surface area contributed by atoms with E-state index in [9.17, 15) is 0 Å². The van der Waals surface area contributed by atoms with Crippen LogP contribution >= 0.6 is 0 Å². The van der Waals surface area contributed by atoms with Crippen molar-refractivity contribution in [3.63, 3.8) is 0 Å². The van der Waals surface area contributed by atoms with E-state index in [1.54, 1.807) is 7.11 Å². The number of methoxy groups -OCH3 is 1. The second-order valence-electron chi connectivity index (χ2n) is 4.32. The lowest BCUT2D eigenvalue weighted by atomic mass is 9.96. The number of rotatable bonds is 4. The van der Waals surface area contributed by atoms with E-state index >= 15 is 0 Å². The lowest BCUT2D eigenvalue weighted by Gasteiger charge is -2.15. The molecule has 15 heavy (non-hydrogen) atoms. The van der Waals surface area contributed by atoms with Crippen LogP contribution in [-0.4, -0.2) is 13.7 Å². The Kier molecular flexibility index (Phi) is 3.39. The average Bonchev–Trinajstić information content (AvgIpc) is 2.57. The molecule has 0 amide bonds. The standard InChI is InChI=1S/C13H19NO/c1-15-8-4-6-11-9-10-5-2-3-7-12(10)13(11)14/h2-3,5,7,11,13H,4,6,8-9,14H2,1H3. The molecule has 2 heteroatoms. The SMILES string of the molecule is COCCCC1Cc2ccccc2C1N. The van der Waals surface area contributed by atoms with Crippen molar-refractivity contribution < 1.29 is 4.74 Å². The van der Waals surface area contributed by atoms with E-state index in [2.05, 4.69) is 24.3 Å². The van der Waals surface area contributed by atoms with E-state index in [0.29, 0.717) is 5.92 Å². The van der Waals surface area contributed by atoms with Crippen LogP contribution in [0.3, 0.4) is 0 Å². The summed E-state index contributed by atoms with van der Waals surface area (Å²) in [4.78, 5) is 0. The third-order valence-electron chi connectivity index (χ3n) is 3.33. The highest BCUT2D eigenvalue weighted by Crippen LogP contribution is 2.36. The molecule has 82 valence electrons. The number of hydrogen-bond donors (Lipinski definition) is 1. The van der Waals surface area contributed by atoms with Crippen LogP contribution in [0.15, 0.2) is 24.3 Å². The summed E-state index contributed by atoms with van der Waals surface area (Å²) < 4.78 is 5.07. The lowest BCUT2D eigenvalue weighted by molar-refractivity contribution is 0.185. The molecule has 2 atom stereocenters. The Bertz CT molecular complexity index is 324. The second-order valence-corrected chi connectivity index (χ2v) is 4.32. The van der Waals surface area contributed by atoms with E-state index in [1.807, 2.05) is 0 Å². The van der Waals surface area contributed by atoms with Crippen LogP contribution in [-0.2, 0) is 11.2 Å². The molecule has 0 saturated carbocycles. The average molecular weight is 205 g/mol. The number of ether oxygens (including phenoxy) is 1. The molecule has 2 N–H and O–H groups in total. The molecule has 0 aliphatic heterocycles. The van der Waals surface area contributed by atoms with Gasteiger partial charge in [-0.15, -0.1) is 0 Å². The second kappa shape index (κ2) is 4.77. The van der Waals surface area contributed by atoms with Gasteiger partial charge in [-0.25, -0.2) is 0 Å². The maximum atomic E-state index is 6.23. The summed E-state index contributed by atoms with van der Waals surface area (Å²) >= 11 is 0. The van der Waals surface area contributed by atoms with Crippen molar-refractivity contribution in [3.05, 3.63) is 35.4 Å². The maximum absolute atomic E-state index is 6.23. The fraction of sp³-hybridized carbons (Fsp3) is 0.538. The van der Waals surface area contributed by atoms with Gasteiger partial charge < -0.3 is 10.5 Å². The normalized spacial score (nSPS) is 24.1. The van der Waals surface area contributed by atoms with Crippen LogP contribution in [0.5, 0.6) is 0 Å². The van der Waals surface area contributed by atoms with E-state index in [1.165, 1.54) is 17.5 Å². The number of nitrogens with two attached hydrogens (primary N) is 1. The zero-order chi connectivity index (χ0) is 10.7. The van der Waals surface area contributed by atoms with Crippen molar-refractivity contribution >= 4 is 0 Å². The van der Waals surface area contributed by atoms with Crippen LogP contribution in [0.25, 0.3) is 0 Å². The van der Waals surface area contributed by atoms with E-state index in [0.717, 1.165) is 19.4 Å². The Balaban J connectivity index is 1.97. The van der Waals surface area contributed by atoms with Gasteiger partial charge in [0.2, 0.25) is 0 Å². The fourth-order valence-corrected chi connectivity index (χ4v) is 2.48. The monoisotopic (exact) mass is 205 g/mol. The quantitative estimate of drug-likeness (QED) is 0.765. The van der Waals surface area contributed by atoms with Crippen molar-refractivity contribution in [1.29, 1.82) is 0 Å². The third kappa shape index (κ3) is 2.21. The van der Waals surface area contributed by atoms with Crippen molar-refractivity contribution in [3.8, 4) is 0 Å². The van der Waals surface area contributed by atoms with Gasteiger partial charge in [-0.3, -0.25) is 0 Å². The topological polar surface area (TPSA) is 35.2 Å². The maximum Gasteiger partial charge on any atom is 0.0462 e. The minimum absolute atomic E-state index is 0.234. The molecule has 2 unspecified atom stereocenters. The Morgan fingerprint density at radius 2 is 2.20 bits per heavy atom. The highest BCUT2D eigenvalue weighted by Gasteiger charge is 2.28. The highest BCUT2D eigenvalue weighted by molar-refractivity contribution is 5.35. The molecule has 0 bridgehead atoms. The van der Waals surface area contributed by atoms with Crippen molar-refractivity contribution in [2.24, 2.45) is 11.7 Å². The molecule has 1 aromatic rings. The number of hydrogen-bond acceptors (Lipinski definition) is 2. The largest absolute Gasteiger partial charge is 0.385 e. The lowest BCUT2D eigenvalue weighted by Crippen LogP contribution is -2.17. The number of benzene rings is 1. The van der Waals surface area contributed by atoms with Crippen LogP contribution < -0.4 is 5.73 Å². The molecule has 0 fully saturated rings. The number of fused-ring (bicyclic) bond motifs is 1. The molecule has 1 aromatic carbocycles. The van der Waals surface area contributed by atoms with E-state index < -0.39 is 0 Å². The van der Waals surface area contributed by atoms with Gasteiger partial charge in [-0.05, 0) is 36.3 Å². The predicted molar refractivity (Wildman–Crippen MR) is 61.7 cm³/mol. The van der Waals surface area contributed by atoms with Gasteiger partial charge >= 0.3 is 0 Å². The molecule has 2 rings (SSSR count). The van der Waals surface area contributed by atoms with E-state index in [-0.39, 0.29) is 6.04 Å². The first-order valence-corrected chi connectivity index (χ1v) is 5.65. The van der Waals surface area contributed by atoms with Gasteiger partial charge in [0.15, 0.2) is 0 Å². The minimum atomic E-state index is 0.234. The van der Waals surface area contributed by atoms with Crippen LogP contribution in [0.4, 0.5) is 0 Å². The summed E-state index contributed by atoms with van der Waals surface area (Å²) in [5.74, 6) is 0.609. The first kappa shape index (κ1) is 10.7. The Hall–Kier alpha value is -0.860. The Morgan fingerprint density at radius 3 is 2.93 bits per heavy atom. The van der Waals surface area contributed by atoms with Gasteiger partial charge in [0.1, 0.15) is 0 Å². The molecule has 1 aliphatic carbocycles. The van der Waals surface area contributed by atoms with Gasteiger partial charge in [0.25, 0.3) is 0 Å². The molecule has 0 saturated heterocycles. The van der Waals surface area contributed by atoms with Gasteiger partial charge in [0.05, 0.1) is 0 Å². The summed E-state index contributed by atoms with van der Waals surface area (Å²) in [6, 6.07) is 8.78. The predicted octanol–water partition coefficient (Wildman–Crippen LogP) is 2.29. The Morgan fingerprint density at radius 1 is 1.40 bits per heavy atom. The third-order valence-corrected chi connectivity index (χ3v) is 3.33. The minimum Gasteiger partial charge on any atom is -0.385 e. The summed E-state index contributed by atoms with van der Waals surface area (Å²) in [6.45, 7) is 0.847. The summed E-state index contributed by atoms with van der Waals surface area (Å²) in [7, 11) is 1.75. The molecule has 0 heterocycles. The van der Waals surface area contributed by atoms with E-state index in [4.69, 9.17) is 10.5 Å². The molecule has 0 radical (unpaired) electrons. The Labute approximate surface area is 91.4 Å². The molecule has 0 aromatic heterocycles. The van der Waals surface area contributed by atoms with Gasteiger partial charge in [-0.2, -0.15) is 0 Å². The molecular formula is C13H19NO. The highest BCUT2D eigenvalue weighted by atomic mass is 16.5.